The van der Waals surface area contributed by atoms with Gasteiger partial charge in [-0.1, -0.05) is 12.2 Å². The smallest absolute Gasteiger partial charge is 0.103 e. The molecule has 1 fully saturated rings. The molecule has 1 aromatic rings. The van der Waals surface area contributed by atoms with Crippen LogP contribution < -0.4 is 10.6 Å². The SMILES string of the molecule is CCN(c1ccc(C(N)=S)cc1)C1CC1. The maximum Gasteiger partial charge on any atom is 0.103 e. The zero-order valence-corrected chi connectivity index (χ0v) is 9.76. The number of hydrogen-bond donors (Lipinski definition) is 1. The number of nitrogens with zero attached hydrogens (tertiary/aromatic N) is 1. The lowest BCUT2D eigenvalue weighted by molar-refractivity contribution is 0.826. The maximum absolute atomic E-state index is 5.56. The van der Waals surface area contributed by atoms with E-state index in [-0.39, 0.29) is 0 Å². The van der Waals surface area contributed by atoms with E-state index >= 15 is 0 Å². The van der Waals surface area contributed by atoms with Crippen molar-refractivity contribution in [1.29, 1.82) is 0 Å². The van der Waals surface area contributed by atoms with E-state index in [1.807, 2.05) is 12.1 Å². The van der Waals surface area contributed by atoms with Crippen LogP contribution in [-0.4, -0.2) is 17.6 Å². The highest BCUT2D eigenvalue weighted by molar-refractivity contribution is 7.80. The molecule has 0 atom stereocenters. The van der Waals surface area contributed by atoms with Gasteiger partial charge in [0, 0.05) is 23.8 Å². The van der Waals surface area contributed by atoms with Crippen molar-refractivity contribution in [1.82, 2.24) is 0 Å². The molecule has 0 aliphatic heterocycles. The zero-order chi connectivity index (χ0) is 10.8. The van der Waals surface area contributed by atoms with Crippen molar-refractivity contribution >= 4 is 22.9 Å². The van der Waals surface area contributed by atoms with E-state index in [0.717, 1.165) is 18.2 Å². The highest BCUT2D eigenvalue weighted by Crippen LogP contribution is 2.31. The van der Waals surface area contributed by atoms with Gasteiger partial charge in [-0.3, -0.25) is 0 Å². The van der Waals surface area contributed by atoms with Crippen LogP contribution in [0.4, 0.5) is 5.69 Å². The fourth-order valence-corrected chi connectivity index (χ4v) is 1.99. The molecule has 3 heteroatoms. The fourth-order valence-electron chi connectivity index (χ4n) is 1.85. The number of thiocarbonyl (C=S) groups is 1. The molecular formula is C12H16N2S. The van der Waals surface area contributed by atoms with Gasteiger partial charge in [-0.15, -0.1) is 0 Å². The van der Waals surface area contributed by atoms with E-state index in [0.29, 0.717) is 4.99 Å². The molecule has 0 radical (unpaired) electrons. The summed E-state index contributed by atoms with van der Waals surface area (Å²) in [6, 6.07) is 8.98. The second-order valence-electron chi connectivity index (χ2n) is 3.93. The highest BCUT2D eigenvalue weighted by Gasteiger charge is 2.27. The normalized spacial score (nSPS) is 15.0. The molecule has 1 aliphatic carbocycles. The molecule has 80 valence electrons. The number of benzene rings is 1. The topological polar surface area (TPSA) is 29.3 Å². The average Bonchev–Trinajstić information content (AvgIpc) is 3.04. The summed E-state index contributed by atoms with van der Waals surface area (Å²) >= 11 is 4.93. The van der Waals surface area contributed by atoms with Crippen LogP contribution in [0.25, 0.3) is 0 Å². The third-order valence-electron chi connectivity index (χ3n) is 2.81. The lowest BCUT2D eigenvalue weighted by atomic mass is 10.2. The number of anilines is 1. The lowest BCUT2D eigenvalue weighted by Gasteiger charge is -2.22. The van der Waals surface area contributed by atoms with E-state index in [1.165, 1.54) is 18.5 Å². The van der Waals surface area contributed by atoms with Gasteiger partial charge in [-0.05, 0) is 44.0 Å². The summed E-state index contributed by atoms with van der Waals surface area (Å²) in [5.41, 5.74) is 7.79. The van der Waals surface area contributed by atoms with Gasteiger partial charge in [-0.2, -0.15) is 0 Å². The Kier molecular flexibility index (Phi) is 2.91. The molecule has 1 saturated carbocycles. The van der Waals surface area contributed by atoms with Crippen molar-refractivity contribution < 1.29 is 0 Å². The molecule has 1 aromatic carbocycles. The Morgan fingerprint density at radius 1 is 1.40 bits per heavy atom. The van der Waals surface area contributed by atoms with E-state index in [4.69, 9.17) is 18.0 Å². The van der Waals surface area contributed by atoms with Gasteiger partial charge < -0.3 is 10.6 Å². The zero-order valence-electron chi connectivity index (χ0n) is 8.94. The summed E-state index contributed by atoms with van der Waals surface area (Å²) < 4.78 is 0. The standard InChI is InChI=1S/C12H16N2S/c1-2-14(11-7-8-11)10-5-3-9(4-6-10)12(13)15/h3-6,11H,2,7-8H2,1H3,(H2,13,15). The molecule has 0 heterocycles. The first-order valence-electron chi connectivity index (χ1n) is 5.39. The largest absolute Gasteiger partial charge is 0.389 e. The molecule has 0 saturated heterocycles. The first kappa shape index (κ1) is 10.4. The molecule has 2 N–H and O–H groups in total. The Morgan fingerprint density at radius 3 is 2.40 bits per heavy atom. The van der Waals surface area contributed by atoms with Crippen LogP contribution in [0.2, 0.25) is 0 Å². The molecule has 1 aliphatic rings. The van der Waals surface area contributed by atoms with Crippen LogP contribution in [0.5, 0.6) is 0 Å². The van der Waals surface area contributed by atoms with Crippen LogP contribution in [0.15, 0.2) is 24.3 Å². The summed E-state index contributed by atoms with van der Waals surface area (Å²) in [7, 11) is 0. The number of nitrogens with two attached hydrogens (primary N) is 1. The van der Waals surface area contributed by atoms with Gasteiger partial charge in [-0.25, -0.2) is 0 Å². The Morgan fingerprint density at radius 2 is 2.00 bits per heavy atom. The van der Waals surface area contributed by atoms with Crippen molar-refractivity contribution in [3.05, 3.63) is 29.8 Å². The molecule has 0 bridgehead atoms. The van der Waals surface area contributed by atoms with Gasteiger partial charge in [0.25, 0.3) is 0 Å². The maximum atomic E-state index is 5.56. The predicted octanol–water partition coefficient (Wildman–Crippen LogP) is 2.31. The van der Waals surface area contributed by atoms with Gasteiger partial charge in [0.15, 0.2) is 0 Å². The number of hydrogen-bond acceptors (Lipinski definition) is 2. The Labute approximate surface area is 96.1 Å². The van der Waals surface area contributed by atoms with E-state index in [1.54, 1.807) is 0 Å². The second kappa shape index (κ2) is 4.19. The third kappa shape index (κ3) is 2.29. The van der Waals surface area contributed by atoms with Gasteiger partial charge in [0.05, 0.1) is 0 Å². The predicted molar refractivity (Wildman–Crippen MR) is 68.4 cm³/mol. The van der Waals surface area contributed by atoms with Crippen molar-refractivity contribution in [2.45, 2.75) is 25.8 Å². The van der Waals surface area contributed by atoms with Crippen molar-refractivity contribution in [3.8, 4) is 0 Å². The van der Waals surface area contributed by atoms with Crippen molar-refractivity contribution in [2.75, 3.05) is 11.4 Å². The summed E-state index contributed by atoms with van der Waals surface area (Å²) in [6.45, 7) is 3.26. The Balaban J connectivity index is 2.17. The van der Waals surface area contributed by atoms with Crippen LogP contribution in [0.3, 0.4) is 0 Å². The van der Waals surface area contributed by atoms with E-state index in [2.05, 4.69) is 24.0 Å². The van der Waals surface area contributed by atoms with Crippen LogP contribution in [0, 0.1) is 0 Å². The molecule has 15 heavy (non-hydrogen) atoms. The molecule has 0 unspecified atom stereocenters. The van der Waals surface area contributed by atoms with Crippen molar-refractivity contribution in [2.24, 2.45) is 5.73 Å². The second-order valence-corrected chi connectivity index (χ2v) is 4.37. The fraction of sp³-hybridized carbons (Fsp3) is 0.417. The molecule has 2 rings (SSSR count). The monoisotopic (exact) mass is 220 g/mol. The Hall–Kier alpha value is -1.09. The minimum atomic E-state index is 0.469. The molecule has 0 spiro atoms. The summed E-state index contributed by atoms with van der Waals surface area (Å²) in [5.74, 6) is 0. The number of rotatable bonds is 4. The minimum absolute atomic E-state index is 0.469. The van der Waals surface area contributed by atoms with Crippen LogP contribution in [0.1, 0.15) is 25.3 Å². The van der Waals surface area contributed by atoms with Crippen LogP contribution in [-0.2, 0) is 0 Å². The van der Waals surface area contributed by atoms with E-state index in [9.17, 15) is 0 Å². The third-order valence-corrected chi connectivity index (χ3v) is 3.05. The van der Waals surface area contributed by atoms with Crippen LogP contribution >= 0.6 is 12.2 Å². The first-order valence-corrected chi connectivity index (χ1v) is 5.79. The summed E-state index contributed by atoms with van der Waals surface area (Å²) in [5, 5.41) is 0. The summed E-state index contributed by atoms with van der Waals surface area (Å²) in [6.07, 6.45) is 2.65. The minimum Gasteiger partial charge on any atom is -0.389 e. The van der Waals surface area contributed by atoms with Gasteiger partial charge in [0.1, 0.15) is 4.99 Å². The molecule has 0 amide bonds. The van der Waals surface area contributed by atoms with Gasteiger partial charge >= 0.3 is 0 Å². The lowest BCUT2D eigenvalue weighted by Crippen LogP contribution is -2.24. The molecular weight excluding hydrogens is 204 g/mol. The van der Waals surface area contributed by atoms with E-state index < -0.39 is 0 Å². The molecule has 0 aromatic heterocycles. The van der Waals surface area contributed by atoms with Crippen molar-refractivity contribution in [3.63, 3.8) is 0 Å². The van der Waals surface area contributed by atoms with Gasteiger partial charge in [0.2, 0.25) is 0 Å². The Bertz CT molecular complexity index is 354. The first-order chi connectivity index (χ1) is 7.22. The molecule has 2 nitrogen and oxygen atoms in total. The average molecular weight is 220 g/mol. The summed E-state index contributed by atoms with van der Waals surface area (Å²) in [4.78, 5) is 2.90. The highest BCUT2D eigenvalue weighted by atomic mass is 32.1. The quantitative estimate of drug-likeness (QED) is 0.790.